The highest BCUT2D eigenvalue weighted by Gasteiger charge is 2.24. The number of hydrogen-bond donors (Lipinski definition) is 4. The van der Waals surface area contributed by atoms with Crippen LogP contribution in [0.2, 0.25) is 0 Å². The van der Waals surface area contributed by atoms with Crippen LogP contribution in [0.4, 0.5) is 4.39 Å². The first-order valence-electron chi connectivity index (χ1n) is 11.0. The standard InChI is InChI=1S/C24H28FN5O3/c1-14-23(32)22(24(26)33)29-20(28-14)10-15-6-8-30(9-7-15)21-5-4-17(12-27-21)16-2-3-18(13-31)19(25)11-16/h2-5,11,15,27,31-32H,6-10,12-13H2,1H3,(H2,26,33). The summed E-state index contributed by atoms with van der Waals surface area (Å²) in [6.45, 7) is 3.65. The molecular formula is C24H28FN5O3. The maximum Gasteiger partial charge on any atom is 0.271 e. The Kier molecular flexibility index (Phi) is 6.60. The lowest BCUT2D eigenvalue weighted by atomic mass is 9.93. The quantitative estimate of drug-likeness (QED) is 0.527. The van der Waals surface area contributed by atoms with Gasteiger partial charge in [-0.05, 0) is 49.0 Å². The Bertz CT molecular complexity index is 1120. The molecule has 9 heteroatoms. The highest BCUT2D eigenvalue weighted by molar-refractivity contribution is 5.93. The van der Waals surface area contributed by atoms with Crippen LogP contribution in [0, 0.1) is 18.7 Å². The lowest BCUT2D eigenvalue weighted by Crippen LogP contribution is -2.40. The topological polar surface area (TPSA) is 125 Å². The molecule has 3 heterocycles. The third-order valence-corrected chi connectivity index (χ3v) is 6.26. The molecular weight excluding hydrogens is 425 g/mol. The molecule has 1 fully saturated rings. The number of dihydropyridines is 1. The van der Waals surface area contributed by atoms with Crippen molar-refractivity contribution in [3.05, 3.63) is 70.3 Å². The van der Waals surface area contributed by atoms with Gasteiger partial charge in [0.2, 0.25) is 0 Å². The zero-order valence-corrected chi connectivity index (χ0v) is 18.5. The van der Waals surface area contributed by atoms with Gasteiger partial charge in [0.15, 0.2) is 11.4 Å². The predicted molar refractivity (Wildman–Crippen MR) is 121 cm³/mol. The Labute approximate surface area is 191 Å². The smallest absolute Gasteiger partial charge is 0.271 e. The average molecular weight is 454 g/mol. The van der Waals surface area contributed by atoms with E-state index in [0.29, 0.717) is 36.0 Å². The van der Waals surface area contributed by atoms with Gasteiger partial charge >= 0.3 is 0 Å². The van der Waals surface area contributed by atoms with Gasteiger partial charge in [-0.3, -0.25) is 4.79 Å². The van der Waals surface area contributed by atoms with Crippen LogP contribution in [0.15, 0.2) is 36.2 Å². The van der Waals surface area contributed by atoms with E-state index < -0.39 is 11.7 Å². The largest absolute Gasteiger partial charge is 0.504 e. The van der Waals surface area contributed by atoms with E-state index in [-0.39, 0.29) is 18.1 Å². The van der Waals surface area contributed by atoms with Gasteiger partial charge in [0.25, 0.3) is 5.91 Å². The number of allylic oxidation sites excluding steroid dienone is 2. The van der Waals surface area contributed by atoms with Crippen molar-refractivity contribution in [3.8, 4) is 5.75 Å². The molecule has 0 aliphatic carbocycles. The third-order valence-electron chi connectivity index (χ3n) is 6.26. The Morgan fingerprint density at radius 2 is 2.03 bits per heavy atom. The fraction of sp³-hybridized carbons (Fsp3) is 0.375. The third kappa shape index (κ3) is 4.98. The number of aliphatic hydroxyl groups excluding tert-OH is 1. The number of aromatic nitrogens is 2. The van der Waals surface area contributed by atoms with Crippen molar-refractivity contribution >= 4 is 11.5 Å². The molecule has 2 aromatic rings. The van der Waals surface area contributed by atoms with Gasteiger partial charge in [-0.15, -0.1) is 0 Å². The first kappa shape index (κ1) is 22.7. The molecule has 2 aliphatic heterocycles. The molecule has 1 saturated heterocycles. The number of piperidine rings is 1. The molecule has 8 nitrogen and oxygen atoms in total. The van der Waals surface area contributed by atoms with Crippen LogP contribution < -0.4 is 11.1 Å². The molecule has 174 valence electrons. The molecule has 33 heavy (non-hydrogen) atoms. The maximum atomic E-state index is 14.0. The van der Waals surface area contributed by atoms with Crippen LogP contribution >= 0.6 is 0 Å². The highest BCUT2D eigenvalue weighted by atomic mass is 19.1. The molecule has 0 bridgehead atoms. The second-order valence-electron chi connectivity index (χ2n) is 8.48. The molecule has 1 aromatic heterocycles. The number of amides is 1. The predicted octanol–water partition coefficient (Wildman–Crippen LogP) is 2.00. The zero-order valence-electron chi connectivity index (χ0n) is 18.5. The van der Waals surface area contributed by atoms with Gasteiger partial charge in [0, 0.05) is 31.6 Å². The zero-order chi connectivity index (χ0) is 23.5. The molecule has 0 atom stereocenters. The normalized spacial score (nSPS) is 16.8. The molecule has 1 amide bonds. The van der Waals surface area contributed by atoms with Crippen molar-refractivity contribution in [2.45, 2.75) is 32.8 Å². The van der Waals surface area contributed by atoms with Gasteiger partial charge in [0.05, 0.1) is 12.3 Å². The summed E-state index contributed by atoms with van der Waals surface area (Å²) < 4.78 is 14.0. The number of nitrogens with zero attached hydrogens (tertiary/aromatic N) is 3. The molecule has 0 unspecified atom stereocenters. The molecule has 4 rings (SSSR count). The van der Waals surface area contributed by atoms with Gasteiger partial charge in [-0.25, -0.2) is 14.4 Å². The Hall–Kier alpha value is -3.46. The number of carbonyl (C=O) groups is 1. The number of aliphatic hydroxyl groups is 1. The van der Waals surface area contributed by atoms with Crippen LogP contribution in [0.1, 0.15) is 46.0 Å². The summed E-state index contributed by atoms with van der Waals surface area (Å²) in [7, 11) is 0. The summed E-state index contributed by atoms with van der Waals surface area (Å²) in [5, 5.41) is 22.5. The van der Waals surface area contributed by atoms with Gasteiger partial charge in [-0.1, -0.05) is 18.2 Å². The van der Waals surface area contributed by atoms with E-state index in [4.69, 9.17) is 10.8 Å². The van der Waals surface area contributed by atoms with E-state index >= 15 is 0 Å². The van der Waals surface area contributed by atoms with Gasteiger partial charge in [-0.2, -0.15) is 0 Å². The van der Waals surface area contributed by atoms with E-state index in [9.17, 15) is 14.3 Å². The fourth-order valence-corrected chi connectivity index (χ4v) is 4.30. The van der Waals surface area contributed by atoms with Crippen molar-refractivity contribution in [2.75, 3.05) is 19.6 Å². The summed E-state index contributed by atoms with van der Waals surface area (Å²) >= 11 is 0. The monoisotopic (exact) mass is 453 g/mol. The summed E-state index contributed by atoms with van der Waals surface area (Å²) in [4.78, 5) is 22.3. The summed E-state index contributed by atoms with van der Waals surface area (Å²) in [6.07, 6.45) is 6.53. The number of likely N-dealkylation sites (tertiary alicyclic amines) is 1. The number of nitrogens with two attached hydrogens (primary N) is 1. The van der Waals surface area contributed by atoms with Crippen LogP contribution in [0.25, 0.3) is 5.57 Å². The average Bonchev–Trinajstić information content (AvgIpc) is 2.81. The number of rotatable bonds is 6. The number of aryl methyl sites for hydroxylation is 1. The van der Waals surface area contributed by atoms with E-state index in [2.05, 4.69) is 20.2 Å². The maximum absolute atomic E-state index is 14.0. The number of halogens is 1. The Morgan fingerprint density at radius 3 is 2.64 bits per heavy atom. The summed E-state index contributed by atoms with van der Waals surface area (Å²) in [6, 6.07) is 4.89. The second kappa shape index (κ2) is 9.58. The number of nitrogens with one attached hydrogen (secondary N) is 1. The second-order valence-corrected chi connectivity index (χ2v) is 8.48. The molecule has 1 aromatic carbocycles. The van der Waals surface area contributed by atoms with E-state index in [1.54, 1.807) is 13.0 Å². The van der Waals surface area contributed by atoms with Crippen LogP contribution in [0.3, 0.4) is 0 Å². The number of primary amides is 1. The van der Waals surface area contributed by atoms with Crippen LogP contribution in [-0.4, -0.2) is 50.6 Å². The van der Waals surface area contributed by atoms with Crippen molar-refractivity contribution in [2.24, 2.45) is 11.7 Å². The SMILES string of the molecule is Cc1nc(CC2CCN(C3=CC=C(c4ccc(CO)c(F)c4)CN3)CC2)nc(C(N)=O)c1O. The van der Waals surface area contributed by atoms with Crippen LogP contribution in [0.5, 0.6) is 5.75 Å². The number of benzene rings is 1. The van der Waals surface area contributed by atoms with Gasteiger partial charge < -0.3 is 26.2 Å². The van der Waals surface area contributed by atoms with Crippen LogP contribution in [-0.2, 0) is 13.0 Å². The molecule has 0 radical (unpaired) electrons. The van der Waals surface area contributed by atoms with E-state index in [1.807, 2.05) is 18.2 Å². The summed E-state index contributed by atoms with van der Waals surface area (Å²) in [5.41, 5.74) is 7.62. The first-order chi connectivity index (χ1) is 15.9. The molecule has 0 spiro atoms. The number of carbonyl (C=O) groups excluding carboxylic acids is 1. The Balaban J connectivity index is 1.37. The minimum Gasteiger partial charge on any atom is -0.504 e. The summed E-state index contributed by atoms with van der Waals surface area (Å²) in [5.74, 6) is 0.523. The lowest BCUT2D eigenvalue weighted by Gasteiger charge is -2.36. The lowest BCUT2D eigenvalue weighted by molar-refractivity contribution is 0.0991. The number of hydrogen-bond acceptors (Lipinski definition) is 7. The van der Waals surface area contributed by atoms with Crippen molar-refractivity contribution in [3.63, 3.8) is 0 Å². The molecule has 5 N–H and O–H groups in total. The minimum absolute atomic E-state index is 0.125. The van der Waals surface area contributed by atoms with Crippen molar-refractivity contribution < 1.29 is 19.4 Å². The first-order valence-corrected chi connectivity index (χ1v) is 11.0. The fourth-order valence-electron chi connectivity index (χ4n) is 4.30. The van der Waals surface area contributed by atoms with Gasteiger partial charge in [0.1, 0.15) is 17.5 Å². The number of aromatic hydroxyl groups is 1. The molecule has 0 saturated carbocycles. The highest BCUT2D eigenvalue weighted by Crippen LogP contribution is 2.26. The van der Waals surface area contributed by atoms with E-state index in [0.717, 1.165) is 42.9 Å². The van der Waals surface area contributed by atoms with E-state index in [1.165, 1.54) is 6.07 Å². The minimum atomic E-state index is -0.760. The Morgan fingerprint density at radius 1 is 1.27 bits per heavy atom. The van der Waals surface area contributed by atoms with Crippen molar-refractivity contribution in [1.29, 1.82) is 0 Å². The molecule has 2 aliphatic rings. The van der Waals surface area contributed by atoms with Crippen molar-refractivity contribution in [1.82, 2.24) is 20.2 Å².